The molecule has 19 heteroatoms. The number of aliphatic hydroxyl groups excluding tert-OH is 1. The molecule has 99 heavy (non-hydrogen) atoms. The molecule has 17 nitrogen and oxygen atoms in total. The fourth-order valence-corrected chi connectivity index (χ4v) is 13.9. The molecule has 0 aliphatic carbocycles. The second-order valence-electron chi connectivity index (χ2n) is 29.8. The first-order valence-corrected chi connectivity index (χ1v) is 44.5. The molecular formula is C80H156O17P2. The van der Waals surface area contributed by atoms with Crippen LogP contribution in [-0.4, -0.2) is 96.7 Å². The largest absolute Gasteiger partial charge is 0.472 e. The molecule has 0 radical (unpaired) electrons. The molecule has 0 rings (SSSR count). The van der Waals surface area contributed by atoms with E-state index in [9.17, 15) is 43.2 Å². The van der Waals surface area contributed by atoms with E-state index in [1.54, 1.807) is 0 Å². The van der Waals surface area contributed by atoms with Gasteiger partial charge in [0.05, 0.1) is 26.4 Å². The standard InChI is InChI=1S/C80H156O17P2/c1-7-9-11-13-15-17-19-21-23-25-26-27-28-29-31-33-35-40-44-52-58-64-79(84)96-75(68-90-77(82)62-56-50-43-39-34-32-30-24-22-20-18-16-14-12-10-8-2)70-94-98(86,87)92-66-74(81)67-93-99(88,89)95-71-76(69-91-78(83)63-57-51-47-46-49-55-61-73(5)6)97-80(85)65-59-53-45-41-37-36-38-42-48-54-60-72(3)4/h72-76,81H,7-71H2,1-6H3,(H,86,87)(H,88,89)/t74-,75-,76-/m1/s1. The lowest BCUT2D eigenvalue weighted by Gasteiger charge is -2.21. The molecule has 0 aliphatic rings. The van der Waals surface area contributed by atoms with Crippen molar-refractivity contribution in [3.8, 4) is 0 Å². The SMILES string of the molecule is CCCCCCCCCCCCCCCCCCCCCCCC(=O)O[C@H](COC(=O)CCCCCCCCCCCCCCCCCC)COP(=O)(O)OC[C@@H](O)COP(=O)(O)OC[C@@H](COC(=O)CCCCCCCCC(C)C)OC(=O)CCCCCCCCCCCCC(C)C. The maximum absolute atomic E-state index is 13.1. The van der Waals surface area contributed by atoms with Crippen LogP contribution < -0.4 is 0 Å². The number of ether oxygens (including phenoxy) is 4. The molecule has 0 amide bonds. The van der Waals surface area contributed by atoms with E-state index >= 15 is 0 Å². The van der Waals surface area contributed by atoms with E-state index in [1.807, 2.05) is 0 Å². The van der Waals surface area contributed by atoms with Crippen LogP contribution in [0.2, 0.25) is 0 Å². The average Bonchev–Trinajstić information content (AvgIpc) is 1.63. The topological polar surface area (TPSA) is 237 Å². The monoisotopic (exact) mass is 1450 g/mol. The van der Waals surface area contributed by atoms with E-state index in [1.165, 1.54) is 231 Å². The Morgan fingerprint density at radius 3 is 0.687 bits per heavy atom. The van der Waals surface area contributed by atoms with E-state index in [0.29, 0.717) is 31.6 Å². The van der Waals surface area contributed by atoms with E-state index in [0.717, 1.165) is 102 Å². The summed E-state index contributed by atoms with van der Waals surface area (Å²) in [5, 5.41) is 10.6. The summed E-state index contributed by atoms with van der Waals surface area (Å²) in [5.41, 5.74) is 0. The summed E-state index contributed by atoms with van der Waals surface area (Å²) >= 11 is 0. The van der Waals surface area contributed by atoms with Gasteiger partial charge in [-0.2, -0.15) is 0 Å². The van der Waals surface area contributed by atoms with E-state index in [2.05, 4.69) is 41.5 Å². The number of unbranched alkanes of at least 4 members (excludes halogenated alkanes) is 49. The fourth-order valence-electron chi connectivity index (χ4n) is 12.4. The normalized spacial score (nSPS) is 13.9. The van der Waals surface area contributed by atoms with Crippen molar-refractivity contribution in [1.29, 1.82) is 0 Å². The first-order valence-electron chi connectivity index (χ1n) is 41.5. The van der Waals surface area contributed by atoms with Gasteiger partial charge in [-0.3, -0.25) is 37.3 Å². The van der Waals surface area contributed by atoms with Gasteiger partial charge in [-0.1, -0.05) is 369 Å². The Hall–Kier alpha value is -1.94. The summed E-state index contributed by atoms with van der Waals surface area (Å²) in [5.74, 6) is -0.682. The van der Waals surface area contributed by atoms with Crippen LogP contribution >= 0.6 is 15.6 Å². The average molecular weight is 1450 g/mol. The van der Waals surface area contributed by atoms with Gasteiger partial charge in [-0.15, -0.1) is 0 Å². The number of hydrogen-bond acceptors (Lipinski definition) is 15. The van der Waals surface area contributed by atoms with Crippen LogP contribution in [0.1, 0.15) is 420 Å². The van der Waals surface area contributed by atoms with Crippen molar-refractivity contribution in [1.82, 2.24) is 0 Å². The van der Waals surface area contributed by atoms with Crippen LogP contribution in [0.3, 0.4) is 0 Å². The first-order chi connectivity index (χ1) is 47.9. The number of carbonyl (C=O) groups excluding carboxylic acids is 4. The van der Waals surface area contributed by atoms with Gasteiger partial charge in [-0.25, -0.2) is 9.13 Å². The molecule has 0 saturated carbocycles. The molecular weight excluding hydrogens is 1290 g/mol. The summed E-state index contributed by atoms with van der Waals surface area (Å²) in [6.07, 6.45) is 61.3. The second-order valence-corrected chi connectivity index (χ2v) is 32.7. The van der Waals surface area contributed by atoms with Gasteiger partial charge >= 0.3 is 39.5 Å². The molecule has 0 aromatic carbocycles. The minimum atomic E-state index is -4.96. The van der Waals surface area contributed by atoms with E-state index < -0.39 is 97.5 Å². The third-order valence-corrected chi connectivity index (χ3v) is 20.6. The Morgan fingerprint density at radius 2 is 0.465 bits per heavy atom. The fraction of sp³-hybridized carbons (Fsp3) is 0.950. The van der Waals surface area contributed by atoms with Gasteiger partial charge in [0.25, 0.3) is 0 Å². The number of hydrogen-bond donors (Lipinski definition) is 3. The predicted molar refractivity (Wildman–Crippen MR) is 405 cm³/mol. The Labute approximate surface area is 607 Å². The molecule has 588 valence electrons. The van der Waals surface area contributed by atoms with Gasteiger partial charge in [0.2, 0.25) is 0 Å². The number of phosphoric ester groups is 2. The Bertz CT molecular complexity index is 1910. The Kier molecular flexibility index (Phi) is 70.3. The molecule has 2 unspecified atom stereocenters. The van der Waals surface area contributed by atoms with Crippen LogP contribution in [-0.2, 0) is 65.4 Å². The van der Waals surface area contributed by atoms with Crippen LogP contribution in [0.15, 0.2) is 0 Å². The molecule has 5 atom stereocenters. The lowest BCUT2D eigenvalue weighted by Crippen LogP contribution is -2.30. The Morgan fingerprint density at radius 1 is 0.273 bits per heavy atom. The summed E-state index contributed by atoms with van der Waals surface area (Å²) in [6, 6.07) is 0. The second kappa shape index (κ2) is 71.7. The zero-order chi connectivity index (χ0) is 72.8. The molecule has 0 saturated heterocycles. The molecule has 0 bridgehead atoms. The Balaban J connectivity index is 5.20. The summed E-state index contributed by atoms with van der Waals surface area (Å²) < 4.78 is 68.6. The van der Waals surface area contributed by atoms with Crippen molar-refractivity contribution in [2.75, 3.05) is 39.6 Å². The van der Waals surface area contributed by atoms with E-state index in [4.69, 9.17) is 37.0 Å². The molecule has 0 aromatic heterocycles. The maximum Gasteiger partial charge on any atom is 0.472 e. The zero-order valence-corrected chi connectivity index (χ0v) is 66.6. The number of aliphatic hydroxyl groups is 1. The van der Waals surface area contributed by atoms with Crippen molar-refractivity contribution < 1.29 is 80.2 Å². The number of carbonyl (C=O) groups is 4. The molecule has 0 heterocycles. The number of phosphoric acid groups is 2. The quantitative estimate of drug-likeness (QED) is 0.0222. The highest BCUT2D eigenvalue weighted by molar-refractivity contribution is 7.47. The molecule has 0 aliphatic heterocycles. The molecule has 0 spiro atoms. The highest BCUT2D eigenvalue weighted by Gasteiger charge is 2.30. The molecule has 3 N–H and O–H groups in total. The van der Waals surface area contributed by atoms with Crippen molar-refractivity contribution in [2.45, 2.75) is 439 Å². The van der Waals surface area contributed by atoms with Crippen LogP contribution in [0.25, 0.3) is 0 Å². The molecule has 0 fully saturated rings. The number of rotatable bonds is 79. The lowest BCUT2D eigenvalue weighted by atomic mass is 10.0. The van der Waals surface area contributed by atoms with Crippen molar-refractivity contribution in [3.05, 3.63) is 0 Å². The van der Waals surface area contributed by atoms with Gasteiger partial charge < -0.3 is 33.8 Å². The van der Waals surface area contributed by atoms with E-state index in [-0.39, 0.29) is 25.7 Å². The van der Waals surface area contributed by atoms with Crippen molar-refractivity contribution in [2.24, 2.45) is 11.8 Å². The predicted octanol–water partition coefficient (Wildman–Crippen LogP) is 23.9. The third-order valence-electron chi connectivity index (χ3n) is 18.7. The summed E-state index contributed by atoms with van der Waals surface area (Å²) in [7, 11) is -9.92. The lowest BCUT2D eigenvalue weighted by molar-refractivity contribution is -0.161. The first kappa shape index (κ1) is 97.1. The zero-order valence-electron chi connectivity index (χ0n) is 64.8. The third kappa shape index (κ3) is 74.1. The van der Waals surface area contributed by atoms with Crippen LogP contribution in [0.4, 0.5) is 0 Å². The smallest absolute Gasteiger partial charge is 0.462 e. The minimum absolute atomic E-state index is 0.105. The summed E-state index contributed by atoms with van der Waals surface area (Å²) in [6.45, 7) is 9.53. The van der Waals surface area contributed by atoms with Crippen molar-refractivity contribution >= 4 is 39.5 Å². The maximum atomic E-state index is 13.1. The van der Waals surface area contributed by atoms with Gasteiger partial charge in [0.1, 0.15) is 19.3 Å². The van der Waals surface area contributed by atoms with Gasteiger partial charge in [-0.05, 0) is 37.5 Å². The minimum Gasteiger partial charge on any atom is -0.462 e. The highest BCUT2D eigenvalue weighted by atomic mass is 31.2. The van der Waals surface area contributed by atoms with Crippen LogP contribution in [0.5, 0.6) is 0 Å². The van der Waals surface area contributed by atoms with Gasteiger partial charge in [0, 0.05) is 25.7 Å². The number of esters is 4. The highest BCUT2D eigenvalue weighted by Crippen LogP contribution is 2.45. The summed E-state index contributed by atoms with van der Waals surface area (Å²) in [4.78, 5) is 72.9. The molecule has 0 aromatic rings. The van der Waals surface area contributed by atoms with Crippen molar-refractivity contribution in [3.63, 3.8) is 0 Å². The van der Waals surface area contributed by atoms with Gasteiger partial charge in [0.15, 0.2) is 12.2 Å². The van der Waals surface area contributed by atoms with Crippen LogP contribution in [0, 0.1) is 11.8 Å².